The van der Waals surface area contributed by atoms with Gasteiger partial charge in [-0.05, 0) is 6.07 Å². The molecule has 0 bridgehead atoms. The highest BCUT2D eigenvalue weighted by molar-refractivity contribution is 6.33. The Morgan fingerprint density at radius 2 is 2.14 bits per heavy atom. The van der Waals surface area contributed by atoms with Gasteiger partial charge in [0.25, 0.3) is 0 Å². The summed E-state index contributed by atoms with van der Waals surface area (Å²) in [5, 5.41) is 0.508. The molecule has 14 heavy (non-hydrogen) atoms. The van der Waals surface area contributed by atoms with Crippen LogP contribution >= 0.6 is 11.6 Å². The number of rotatable bonds is 1. The Balaban J connectivity index is 2.18. The molecule has 1 aliphatic heterocycles. The van der Waals surface area contributed by atoms with E-state index in [2.05, 4.69) is 9.88 Å². The molecule has 0 radical (unpaired) electrons. The molecule has 76 valence electrons. The molecule has 1 fully saturated rings. The molecule has 1 aromatic rings. The summed E-state index contributed by atoms with van der Waals surface area (Å²) >= 11 is 5.89. The number of nitrogen functional groups attached to an aromatic ring is 1. The molecule has 1 aromatic heterocycles. The lowest BCUT2D eigenvalue weighted by Gasteiger charge is -2.28. The average molecular weight is 214 g/mol. The fourth-order valence-electron chi connectivity index (χ4n) is 1.43. The van der Waals surface area contributed by atoms with E-state index in [0.717, 1.165) is 32.0 Å². The van der Waals surface area contributed by atoms with E-state index in [-0.39, 0.29) is 0 Å². The van der Waals surface area contributed by atoms with E-state index in [1.54, 1.807) is 6.20 Å². The Kier molecular flexibility index (Phi) is 2.74. The summed E-state index contributed by atoms with van der Waals surface area (Å²) in [7, 11) is 0. The lowest BCUT2D eigenvalue weighted by atomic mass is 10.3. The van der Waals surface area contributed by atoms with Gasteiger partial charge in [-0.1, -0.05) is 11.6 Å². The van der Waals surface area contributed by atoms with Crippen molar-refractivity contribution in [2.24, 2.45) is 0 Å². The number of ether oxygens (including phenoxy) is 1. The molecule has 0 aliphatic carbocycles. The first-order valence-electron chi connectivity index (χ1n) is 4.51. The molecular weight excluding hydrogens is 202 g/mol. The molecule has 0 saturated carbocycles. The molecule has 2 heterocycles. The van der Waals surface area contributed by atoms with Crippen LogP contribution in [0.3, 0.4) is 0 Å². The van der Waals surface area contributed by atoms with Gasteiger partial charge < -0.3 is 15.4 Å². The van der Waals surface area contributed by atoms with Gasteiger partial charge in [0.05, 0.1) is 30.1 Å². The van der Waals surface area contributed by atoms with E-state index in [1.807, 2.05) is 6.07 Å². The predicted molar refractivity (Wildman–Crippen MR) is 56.7 cm³/mol. The minimum Gasteiger partial charge on any atom is -0.382 e. The van der Waals surface area contributed by atoms with Gasteiger partial charge in [-0.15, -0.1) is 0 Å². The smallest absolute Gasteiger partial charge is 0.142 e. The highest BCUT2D eigenvalue weighted by Crippen LogP contribution is 2.23. The van der Waals surface area contributed by atoms with Crippen molar-refractivity contribution in [3.63, 3.8) is 0 Å². The molecule has 5 heteroatoms. The van der Waals surface area contributed by atoms with E-state index in [0.29, 0.717) is 10.8 Å². The molecule has 0 atom stereocenters. The first-order chi connectivity index (χ1) is 6.77. The Bertz CT molecular complexity index is 326. The van der Waals surface area contributed by atoms with Crippen LogP contribution in [0, 0.1) is 0 Å². The first-order valence-corrected chi connectivity index (χ1v) is 4.89. The van der Waals surface area contributed by atoms with E-state index in [1.165, 1.54) is 0 Å². The molecule has 0 amide bonds. The minimum atomic E-state index is 0.378. The van der Waals surface area contributed by atoms with Gasteiger partial charge in [-0.2, -0.15) is 0 Å². The first kappa shape index (κ1) is 9.55. The van der Waals surface area contributed by atoms with E-state index >= 15 is 0 Å². The maximum atomic E-state index is 5.89. The zero-order valence-electron chi connectivity index (χ0n) is 7.74. The minimum absolute atomic E-state index is 0.378. The predicted octanol–water partition coefficient (Wildman–Crippen LogP) is 1.15. The van der Waals surface area contributed by atoms with Gasteiger partial charge >= 0.3 is 0 Å². The fourth-order valence-corrected chi connectivity index (χ4v) is 1.59. The Labute approximate surface area is 87.6 Å². The van der Waals surface area contributed by atoms with Gasteiger partial charge in [0, 0.05) is 13.1 Å². The van der Waals surface area contributed by atoms with Crippen molar-refractivity contribution in [3.05, 3.63) is 17.3 Å². The van der Waals surface area contributed by atoms with Crippen LogP contribution in [-0.4, -0.2) is 31.3 Å². The maximum absolute atomic E-state index is 5.89. The van der Waals surface area contributed by atoms with E-state index in [4.69, 9.17) is 22.1 Å². The summed E-state index contributed by atoms with van der Waals surface area (Å²) in [6.07, 6.45) is 1.74. The lowest BCUT2D eigenvalue weighted by molar-refractivity contribution is 0.122. The van der Waals surface area contributed by atoms with Crippen LogP contribution in [0.25, 0.3) is 0 Å². The summed E-state index contributed by atoms with van der Waals surface area (Å²) < 4.78 is 5.26. The molecule has 1 aliphatic rings. The largest absolute Gasteiger partial charge is 0.382 e. The second-order valence-electron chi connectivity index (χ2n) is 3.16. The normalized spacial score (nSPS) is 17.1. The van der Waals surface area contributed by atoms with E-state index in [9.17, 15) is 0 Å². The summed E-state index contributed by atoms with van der Waals surface area (Å²) in [5.41, 5.74) is 6.54. The van der Waals surface area contributed by atoms with Crippen molar-refractivity contribution in [1.82, 2.24) is 4.98 Å². The topological polar surface area (TPSA) is 51.4 Å². The van der Waals surface area contributed by atoms with Crippen LogP contribution in [0.1, 0.15) is 0 Å². The summed E-state index contributed by atoms with van der Waals surface area (Å²) in [4.78, 5) is 6.20. The SMILES string of the molecule is Nc1ncc(N2CCOCC2)cc1Cl. The number of morpholine rings is 1. The lowest BCUT2D eigenvalue weighted by Crippen LogP contribution is -2.36. The van der Waals surface area contributed by atoms with Crippen molar-refractivity contribution >= 4 is 23.1 Å². The maximum Gasteiger partial charge on any atom is 0.142 e. The van der Waals surface area contributed by atoms with Gasteiger partial charge in [-0.3, -0.25) is 0 Å². The van der Waals surface area contributed by atoms with Gasteiger partial charge in [-0.25, -0.2) is 4.98 Å². The summed E-state index contributed by atoms with van der Waals surface area (Å²) in [5.74, 6) is 0.378. The van der Waals surface area contributed by atoms with Gasteiger partial charge in [0.2, 0.25) is 0 Å². The summed E-state index contributed by atoms with van der Waals surface area (Å²) in [6, 6.07) is 1.84. The Morgan fingerprint density at radius 3 is 2.79 bits per heavy atom. The monoisotopic (exact) mass is 213 g/mol. The molecule has 0 spiro atoms. The molecule has 0 unspecified atom stereocenters. The zero-order chi connectivity index (χ0) is 9.97. The second-order valence-corrected chi connectivity index (χ2v) is 3.57. The number of pyridine rings is 1. The van der Waals surface area contributed by atoms with E-state index < -0.39 is 0 Å². The van der Waals surface area contributed by atoms with Crippen LogP contribution in [0.4, 0.5) is 11.5 Å². The molecule has 2 rings (SSSR count). The van der Waals surface area contributed by atoms with Gasteiger partial charge in [0.15, 0.2) is 0 Å². The van der Waals surface area contributed by atoms with Crippen molar-refractivity contribution in [3.8, 4) is 0 Å². The number of hydrogen-bond acceptors (Lipinski definition) is 4. The number of anilines is 2. The van der Waals surface area contributed by atoms with Crippen LogP contribution in [0.15, 0.2) is 12.3 Å². The van der Waals surface area contributed by atoms with Crippen LogP contribution in [0.5, 0.6) is 0 Å². The fraction of sp³-hybridized carbons (Fsp3) is 0.444. The molecule has 1 saturated heterocycles. The van der Waals surface area contributed by atoms with Crippen molar-refractivity contribution in [2.45, 2.75) is 0 Å². The third-order valence-electron chi connectivity index (χ3n) is 2.23. The van der Waals surface area contributed by atoms with Crippen LogP contribution < -0.4 is 10.6 Å². The third-order valence-corrected chi connectivity index (χ3v) is 2.53. The van der Waals surface area contributed by atoms with Crippen LogP contribution in [-0.2, 0) is 4.74 Å². The second kappa shape index (κ2) is 4.02. The highest BCUT2D eigenvalue weighted by atomic mass is 35.5. The Morgan fingerprint density at radius 1 is 1.43 bits per heavy atom. The molecule has 2 N–H and O–H groups in total. The molecule has 0 aromatic carbocycles. The average Bonchev–Trinajstić information content (AvgIpc) is 2.23. The summed E-state index contributed by atoms with van der Waals surface area (Å²) in [6.45, 7) is 3.26. The highest BCUT2D eigenvalue weighted by Gasteiger charge is 2.12. The third kappa shape index (κ3) is 1.91. The van der Waals surface area contributed by atoms with Gasteiger partial charge in [0.1, 0.15) is 5.82 Å². The number of nitrogens with zero attached hydrogens (tertiary/aromatic N) is 2. The molecule has 4 nitrogen and oxygen atoms in total. The zero-order valence-corrected chi connectivity index (χ0v) is 8.50. The molecular formula is C9H12ClN3O. The van der Waals surface area contributed by atoms with Crippen molar-refractivity contribution < 1.29 is 4.74 Å². The quantitative estimate of drug-likeness (QED) is 0.761. The number of nitrogens with two attached hydrogens (primary N) is 1. The van der Waals surface area contributed by atoms with Crippen molar-refractivity contribution in [2.75, 3.05) is 36.9 Å². The Hall–Kier alpha value is -1.00. The van der Waals surface area contributed by atoms with Crippen LogP contribution in [0.2, 0.25) is 5.02 Å². The number of halogens is 1. The van der Waals surface area contributed by atoms with Crippen molar-refractivity contribution in [1.29, 1.82) is 0 Å². The number of hydrogen-bond donors (Lipinski definition) is 1. The number of aromatic nitrogens is 1. The standard InChI is InChI=1S/C9H12ClN3O/c10-8-5-7(6-12-9(8)11)13-1-3-14-4-2-13/h5-6H,1-4H2,(H2,11,12).